The Labute approximate surface area is 198 Å². The second-order valence-corrected chi connectivity index (χ2v) is 10.1. The Morgan fingerprint density at radius 3 is 2.61 bits per heavy atom. The number of amides is 1. The fourth-order valence-electron chi connectivity index (χ4n) is 3.50. The first-order chi connectivity index (χ1) is 14.9. The van der Waals surface area contributed by atoms with E-state index < -0.39 is 17.7 Å². The molecule has 2 aromatic heterocycles. The van der Waals surface area contributed by atoms with Crippen LogP contribution in [0.4, 0.5) is 5.13 Å². The van der Waals surface area contributed by atoms with Crippen molar-refractivity contribution in [3.8, 4) is 0 Å². The number of aromatic nitrogens is 1. The molecule has 1 aliphatic rings. The molecule has 1 amide bonds. The molecule has 4 aromatic rings. The van der Waals surface area contributed by atoms with Gasteiger partial charge in [0.15, 0.2) is 5.13 Å². The molecule has 1 aliphatic heterocycles. The summed E-state index contributed by atoms with van der Waals surface area (Å²) in [7, 11) is 0. The van der Waals surface area contributed by atoms with E-state index in [4.69, 9.17) is 11.6 Å². The Kier molecular flexibility index (Phi) is 5.18. The van der Waals surface area contributed by atoms with E-state index in [0.717, 1.165) is 14.0 Å². The zero-order chi connectivity index (χ0) is 21.7. The maximum Gasteiger partial charge on any atom is 0.301 e. The van der Waals surface area contributed by atoms with Gasteiger partial charge in [-0.05, 0) is 41.8 Å². The number of halogens is 2. The fourth-order valence-corrected chi connectivity index (χ4v) is 5.85. The minimum atomic E-state index is -0.764. The lowest BCUT2D eigenvalue weighted by molar-refractivity contribution is -0.132. The summed E-state index contributed by atoms with van der Waals surface area (Å²) in [4.78, 5) is 32.9. The number of aliphatic hydroxyl groups excluding tert-OH is 1. The van der Waals surface area contributed by atoms with Crippen molar-refractivity contribution < 1.29 is 14.7 Å². The number of rotatable bonds is 3. The largest absolute Gasteiger partial charge is 0.507 e. The first-order valence-electron chi connectivity index (χ1n) is 9.10. The molecule has 1 fully saturated rings. The van der Waals surface area contributed by atoms with Crippen molar-refractivity contribution in [3.63, 3.8) is 0 Å². The first-order valence-corrected chi connectivity index (χ1v) is 12.0. The van der Waals surface area contributed by atoms with Crippen molar-refractivity contribution in [3.05, 3.63) is 85.5 Å². The van der Waals surface area contributed by atoms with Crippen LogP contribution in [0, 0.1) is 0 Å². The topological polar surface area (TPSA) is 70.5 Å². The number of carbonyl (C=O) groups is 2. The molecule has 2 aromatic carbocycles. The van der Waals surface area contributed by atoms with Crippen LogP contribution < -0.4 is 4.90 Å². The van der Waals surface area contributed by atoms with E-state index in [1.807, 2.05) is 17.5 Å². The maximum absolute atomic E-state index is 13.1. The summed E-state index contributed by atoms with van der Waals surface area (Å²) in [6.07, 6.45) is 0. The van der Waals surface area contributed by atoms with Crippen LogP contribution >= 0.6 is 50.2 Å². The summed E-state index contributed by atoms with van der Waals surface area (Å²) < 4.78 is 1.65. The number of thiophene rings is 1. The van der Waals surface area contributed by atoms with Gasteiger partial charge >= 0.3 is 5.91 Å². The predicted molar refractivity (Wildman–Crippen MR) is 128 cm³/mol. The minimum Gasteiger partial charge on any atom is -0.507 e. The van der Waals surface area contributed by atoms with Gasteiger partial charge in [-0.3, -0.25) is 14.5 Å². The van der Waals surface area contributed by atoms with Crippen LogP contribution in [0.1, 0.15) is 16.5 Å². The molecule has 0 bridgehead atoms. The number of anilines is 1. The molecule has 0 aliphatic carbocycles. The average Bonchev–Trinajstić information content (AvgIpc) is 3.47. The summed E-state index contributed by atoms with van der Waals surface area (Å²) >= 11 is 12.1. The van der Waals surface area contributed by atoms with E-state index in [9.17, 15) is 14.7 Å². The number of thiazole rings is 1. The summed E-state index contributed by atoms with van der Waals surface area (Å²) in [6, 6.07) is 15.1. The number of hydrogen-bond donors (Lipinski definition) is 1. The summed E-state index contributed by atoms with van der Waals surface area (Å²) in [5.41, 5.74) is 1.19. The van der Waals surface area contributed by atoms with Gasteiger partial charge in [0.05, 0.1) is 15.8 Å². The minimum absolute atomic E-state index is 0.0482. The van der Waals surface area contributed by atoms with Crippen LogP contribution in [-0.4, -0.2) is 21.8 Å². The highest BCUT2D eigenvalue weighted by Gasteiger charge is 2.48. The van der Waals surface area contributed by atoms with Crippen molar-refractivity contribution >= 4 is 83.0 Å². The third-order valence-electron chi connectivity index (χ3n) is 4.92. The highest BCUT2D eigenvalue weighted by atomic mass is 79.9. The van der Waals surface area contributed by atoms with Gasteiger partial charge in [0.2, 0.25) is 0 Å². The molecule has 5 rings (SSSR count). The average molecular weight is 532 g/mol. The van der Waals surface area contributed by atoms with E-state index in [1.54, 1.807) is 42.5 Å². The smallest absolute Gasteiger partial charge is 0.301 e. The maximum atomic E-state index is 13.1. The zero-order valence-electron chi connectivity index (χ0n) is 15.6. The quantitative estimate of drug-likeness (QED) is 0.189. The zero-order valence-corrected chi connectivity index (χ0v) is 19.6. The first kappa shape index (κ1) is 20.4. The summed E-state index contributed by atoms with van der Waals surface area (Å²) in [5.74, 6) is -1.67. The van der Waals surface area contributed by atoms with Crippen molar-refractivity contribution in [1.29, 1.82) is 0 Å². The third kappa shape index (κ3) is 3.49. The van der Waals surface area contributed by atoms with Gasteiger partial charge in [-0.1, -0.05) is 57.1 Å². The monoisotopic (exact) mass is 530 g/mol. The van der Waals surface area contributed by atoms with Crippen LogP contribution in [0.15, 0.2) is 70.0 Å². The van der Waals surface area contributed by atoms with Crippen molar-refractivity contribution in [2.24, 2.45) is 0 Å². The molecule has 0 radical (unpaired) electrons. The van der Waals surface area contributed by atoms with E-state index in [-0.39, 0.29) is 11.3 Å². The number of hydrogen-bond acceptors (Lipinski definition) is 6. The van der Waals surface area contributed by atoms with Crippen molar-refractivity contribution in [2.45, 2.75) is 6.04 Å². The van der Waals surface area contributed by atoms with Gasteiger partial charge in [-0.25, -0.2) is 4.98 Å². The highest BCUT2D eigenvalue weighted by Crippen LogP contribution is 2.45. The van der Waals surface area contributed by atoms with Gasteiger partial charge in [-0.15, -0.1) is 11.3 Å². The van der Waals surface area contributed by atoms with E-state index in [1.165, 1.54) is 27.6 Å². The molecule has 0 spiro atoms. The second kappa shape index (κ2) is 7.87. The van der Waals surface area contributed by atoms with Crippen LogP contribution in [-0.2, 0) is 9.59 Å². The molecular weight excluding hydrogens is 520 g/mol. The Bertz CT molecular complexity index is 1360. The highest BCUT2D eigenvalue weighted by molar-refractivity contribution is 9.10. The number of benzene rings is 2. The Balaban J connectivity index is 1.71. The van der Waals surface area contributed by atoms with Crippen LogP contribution in [0.5, 0.6) is 0 Å². The van der Waals surface area contributed by atoms with E-state index >= 15 is 0 Å². The molecule has 1 unspecified atom stereocenters. The fraction of sp³-hybridized carbons (Fsp3) is 0.0455. The van der Waals surface area contributed by atoms with Crippen molar-refractivity contribution in [2.75, 3.05) is 4.90 Å². The number of aliphatic hydroxyl groups is 1. The molecule has 154 valence electrons. The lowest BCUT2D eigenvalue weighted by Gasteiger charge is -2.21. The Hall–Kier alpha value is -2.52. The van der Waals surface area contributed by atoms with E-state index in [0.29, 0.717) is 21.2 Å². The molecule has 1 atom stereocenters. The lowest BCUT2D eigenvalue weighted by atomic mass is 10.00. The molecule has 9 heteroatoms. The SMILES string of the molecule is O=C1C(=O)N(c2nc3ccc(Cl)cc3s2)C(c2cccs2)/C1=C(\O)c1ccc(Br)cc1. The molecular formula is C22H12BrClN2O3S2. The molecule has 5 nitrogen and oxygen atoms in total. The van der Waals surface area contributed by atoms with Gasteiger partial charge < -0.3 is 5.11 Å². The summed E-state index contributed by atoms with van der Waals surface area (Å²) in [5, 5.41) is 13.9. The van der Waals surface area contributed by atoms with E-state index in [2.05, 4.69) is 20.9 Å². The second-order valence-electron chi connectivity index (χ2n) is 6.80. The number of nitrogens with zero attached hydrogens (tertiary/aromatic N) is 2. The Morgan fingerprint density at radius 2 is 1.90 bits per heavy atom. The summed E-state index contributed by atoms with van der Waals surface area (Å²) in [6.45, 7) is 0. The molecule has 3 heterocycles. The number of fused-ring (bicyclic) bond motifs is 1. The van der Waals surface area contributed by atoms with Gasteiger partial charge in [0, 0.05) is 19.9 Å². The normalized spacial score (nSPS) is 18.3. The van der Waals surface area contributed by atoms with Crippen LogP contribution in [0.25, 0.3) is 16.0 Å². The standard InChI is InChI=1S/C22H12BrClN2O3S2/c23-12-5-3-11(4-6-12)19(27)17-18(15-2-1-9-30-15)26(21(29)20(17)28)22-25-14-8-7-13(24)10-16(14)31-22/h1-10,18,27H/b19-17+. The van der Waals surface area contributed by atoms with Crippen LogP contribution in [0.2, 0.25) is 5.02 Å². The van der Waals surface area contributed by atoms with Gasteiger partial charge in [-0.2, -0.15) is 0 Å². The Morgan fingerprint density at radius 1 is 1.13 bits per heavy atom. The third-order valence-corrected chi connectivity index (χ3v) is 7.63. The van der Waals surface area contributed by atoms with Gasteiger partial charge in [0.1, 0.15) is 11.8 Å². The molecule has 1 saturated heterocycles. The van der Waals surface area contributed by atoms with Crippen molar-refractivity contribution in [1.82, 2.24) is 4.98 Å². The number of carbonyl (C=O) groups excluding carboxylic acids is 2. The van der Waals surface area contributed by atoms with Gasteiger partial charge in [0.25, 0.3) is 5.78 Å². The number of Topliss-reactive ketones (excluding diaryl/α,β-unsaturated/α-hetero) is 1. The number of ketones is 1. The lowest BCUT2D eigenvalue weighted by Crippen LogP contribution is -2.28. The molecule has 0 saturated carbocycles. The van der Waals surface area contributed by atoms with Crippen LogP contribution in [0.3, 0.4) is 0 Å². The predicted octanol–water partition coefficient (Wildman–Crippen LogP) is 6.40. The molecule has 31 heavy (non-hydrogen) atoms. The molecule has 1 N–H and O–H groups in total.